The summed E-state index contributed by atoms with van der Waals surface area (Å²) in [7, 11) is 0. The molecule has 1 atom stereocenters. The first-order chi connectivity index (χ1) is 11.9. The third kappa shape index (κ3) is 4.56. The topological polar surface area (TPSA) is 71.1 Å². The molecule has 0 aliphatic carbocycles. The van der Waals surface area contributed by atoms with Crippen molar-refractivity contribution in [2.24, 2.45) is 5.92 Å². The minimum absolute atomic E-state index is 0.0564. The molecule has 0 unspecified atom stereocenters. The van der Waals surface area contributed by atoms with Gasteiger partial charge in [-0.25, -0.2) is 9.97 Å². The van der Waals surface area contributed by atoms with E-state index in [0.29, 0.717) is 44.2 Å². The van der Waals surface area contributed by atoms with Gasteiger partial charge < -0.3 is 14.6 Å². The molecule has 1 fully saturated rings. The fraction of sp³-hybridized carbons (Fsp3) is 0.438. The van der Waals surface area contributed by atoms with Crippen molar-refractivity contribution in [3.63, 3.8) is 0 Å². The van der Waals surface area contributed by atoms with E-state index in [0.717, 1.165) is 12.3 Å². The molecule has 1 saturated heterocycles. The van der Waals surface area contributed by atoms with Gasteiger partial charge in [0.1, 0.15) is 5.82 Å². The Kier molecular flexibility index (Phi) is 5.03. The van der Waals surface area contributed by atoms with E-state index in [1.165, 1.54) is 18.5 Å². The van der Waals surface area contributed by atoms with Gasteiger partial charge in [0.2, 0.25) is 0 Å². The summed E-state index contributed by atoms with van der Waals surface area (Å²) in [5, 5.41) is 0. The first-order valence-corrected chi connectivity index (χ1v) is 7.81. The molecule has 3 heterocycles. The molecule has 0 aromatic carbocycles. The van der Waals surface area contributed by atoms with Gasteiger partial charge in [0.05, 0.1) is 25.1 Å². The van der Waals surface area contributed by atoms with Gasteiger partial charge in [0.25, 0.3) is 5.56 Å². The SMILES string of the molecule is O=c1cc(C[C@@H]2COCCN(c3ccc(C(F)(F)F)cn3)C2)nc[nH]1. The number of hydrogen-bond acceptors (Lipinski definition) is 5. The number of H-pyrrole nitrogens is 1. The minimum Gasteiger partial charge on any atom is -0.379 e. The summed E-state index contributed by atoms with van der Waals surface area (Å²) in [5.41, 5.74) is -0.341. The molecule has 0 spiro atoms. The molecule has 9 heteroatoms. The number of nitrogens with one attached hydrogen (secondary N) is 1. The van der Waals surface area contributed by atoms with Gasteiger partial charge in [0, 0.05) is 37.0 Å². The molecular weight excluding hydrogens is 337 g/mol. The van der Waals surface area contributed by atoms with Gasteiger partial charge in [0.15, 0.2) is 0 Å². The summed E-state index contributed by atoms with van der Waals surface area (Å²) in [5.74, 6) is 0.531. The van der Waals surface area contributed by atoms with E-state index in [-0.39, 0.29) is 11.5 Å². The van der Waals surface area contributed by atoms with Gasteiger partial charge in [-0.05, 0) is 18.6 Å². The number of aromatic nitrogens is 3. The second kappa shape index (κ2) is 7.22. The number of halogens is 3. The Morgan fingerprint density at radius 2 is 2.16 bits per heavy atom. The maximum Gasteiger partial charge on any atom is 0.417 e. The van der Waals surface area contributed by atoms with Crippen LogP contribution in [0.4, 0.5) is 19.0 Å². The Morgan fingerprint density at radius 3 is 2.84 bits per heavy atom. The van der Waals surface area contributed by atoms with Crippen LogP contribution < -0.4 is 10.5 Å². The molecule has 0 amide bonds. The van der Waals surface area contributed by atoms with Crippen LogP contribution in [0.15, 0.2) is 35.5 Å². The van der Waals surface area contributed by atoms with Gasteiger partial charge in [-0.3, -0.25) is 4.79 Å². The Balaban J connectivity index is 1.72. The van der Waals surface area contributed by atoms with Crippen LogP contribution in [0.5, 0.6) is 0 Å². The second-order valence-electron chi connectivity index (χ2n) is 5.90. The zero-order valence-electron chi connectivity index (χ0n) is 13.3. The van der Waals surface area contributed by atoms with E-state index in [1.54, 1.807) is 0 Å². The van der Waals surface area contributed by atoms with Crippen molar-refractivity contribution < 1.29 is 17.9 Å². The summed E-state index contributed by atoms with van der Waals surface area (Å²) in [6, 6.07) is 3.84. The number of pyridine rings is 1. The van der Waals surface area contributed by atoms with Crippen LogP contribution >= 0.6 is 0 Å². The van der Waals surface area contributed by atoms with E-state index in [2.05, 4.69) is 15.0 Å². The van der Waals surface area contributed by atoms with Crippen LogP contribution in [0.25, 0.3) is 0 Å². The van der Waals surface area contributed by atoms with Crippen LogP contribution in [-0.4, -0.2) is 41.3 Å². The van der Waals surface area contributed by atoms with Gasteiger partial charge in [-0.2, -0.15) is 13.2 Å². The van der Waals surface area contributed by atoms with Crippen molar-refractivity contribution in [1.29, 1.82) is 0 Å². The lowest BCUT2D eigenvalue weighted by atomic mass is 10.0. The molecule has 0 saturated carbocycles. The molecule has 1 aliphatic heterocycles. The lowest BCUT2D eigenvalue weighted by Gasteiger charge is -2.24. The third-order valence-corrected chi connectivity index (χ3v) is 3.97. The van der Waals surface area contributed by atoms with Crippen molar-refractivity contribution in [3.05, 3.63) is 52.3 Å². The van der Waals surface area contributed by atoms with Crippen molar-refractivity contribution in [2.45, 2.75) is 12.6 Å². The van der Waals surface area contributed by atoms with E-state index < -0.39 is 11.7 Å². The molecule has 2 aromatic heterocycles. The summed E-state index contributed by atoms with van der Waals surface area (Å²) in [6.07, 6.45) is -1.66. The highest BCUT2D eigenvalue weighted by molar-refractivity contribution is 5.40. The lowest BCUT2D eigenvalue weighted by molar-refractivity contribution is -0.137. The number of anilines is 1. The summed E-state index contributed by atoms with van der Waals surface area (Å²) in [6.45, 7) is 2.05. The summed E-state index contributed by atoms with van der Waals surface area (Å²) < 4.78 is 43.5. The average Bonchev–Trinajstić information content (AvgIpc) is 2.80. The lowest BCUT2D eigenvalue weighted by Crippen LogP contribution is -2.31. The molecule has 3 rings (SSSR count). The zero-order chi connectivity index (χ0) is 17.9. The van der Waals surface area contributed by atoms with Gasteiger partial charge in [-0.1, -0.05) is 0 Å². The third-order valence-electron chi connectivity index (χ3n) is 3.97. The molecule has 6 nitrogen and oxygen atoms in total. The van der Waals surface area contributed by atoms with Gasteiger partial charge >= 0.3 is 6.18 Å². The number of ether oxygens (including phenoxy) is 1. The molecular formula is C16H17F3N4O2. The van der Waals surface area contributed by atoms with Crippen LogP contribution in [-0.2, 0) is 17.3 Å². The predicted octanol–water partition coefficient (Wildman–Crippen LogP) is 1.88. The molecule has 0 radical (unpaired) electrons. The normalized spacial score (nSPS) is 18.8. The van der Waals surface area contributed by atoms with Crippen molar-refractivity contribution in [2.75, 3.05) is 31.2 Å². The highest BCUT2D eigenvalue weighted by atomic mass is 19.4. The molecule has 2 aromatic rings. The summed E-state index contributed by atoms with van der Waals surface area (Å²) >= 11 is 0. The second-order valence-corrected chi connectivity index (χ2v) is 5.90. The molecule has 0 bridgehead atoms. The first-order valence-electron chi connectivity index (χ1n) is 7.81. The fourth-order valence-electron chi connectivity index (χ4n) is 2.77. The van der Waals surface area contributed by atoms with E-state index in [1.807, 2.05) is 4.90 Å². The maximum absolute atomic E-state index is 12.7. The number of rotatable bonds is 3. The molecule has 1 aliphatic rings. The molecule has 134 valence electrons. The van der Waals surface area contributed by atoms with E-state index >= 15 is 0 Å². The average molecular weight is 354 g/mol. The number of nitrogens with zero attached hydrogens (tertiary/aromatic N) is 3. The van der Waals surface area contributed by atoms with Crippen LogP contribution in [0.2, 0.25) is 0 Å². The highest BCUT2D eigenvalue weighted by Crippen LogP contribution is 2.29. The standard InChI is InChI=1S/C16H17F3N4O2/c17-16(18,19)12-1-2-14(20-7-12)23-3-4-25-9-11(8-23)5-13-6-15(24)22-10-21-13/h1-2,6-7,10-11H,3-5,8-9H2,(H,21,22,24)/t11-/m0/s1. The largest absolute Gasteiger partial charge is 0.417 e. The Morgan fingerprint density at radius 1 is 1.32 bits per heavy atom. The Bertz CT molecular complexity index is 761. The predicted molar refractivity (Wildman–Crippen MR) is 84.3 cm³/mol. The first kappa shape index (κ1) is 17.4. The van der Waals surface area contributed by atoms with Crippen LogP contribution in [0.1, 0.15) is 11.3 Å². The Hall–Kier alpha value is -2.42. The quantitative estimate of drug-likeness (QED) is 0.911. The van der Waals surface area contributed by atoms with E-state index in [9.17, 15) is 18.0 Å². The maximum atomic E-state index is 12.7. The van der Waals surface area contributed by atoms with Gasteiger partial charge in [-0.15, -0.1) is 0 Å². The van der Waals surface area contributed by atoms with E-state index in [4.69, 9.17) is 4.74 Å². The molecule has 1 N–H and O–H groups in total. The Labute approximate surface area is 141 Å². The smallest absolute Gasteiger partial charge is 0.379 e. The number of aromatic amines is 1. The zero-order valence-corrected chi connectivity index (χ0v) is 13.3. The van der Waals surface area contributed by atoms with Crippen molar-refractivity contribution in [1.82, 2.24) is 15.0 Å². The molecule has 25 heavy (non-hydrogen) atoms. The summed E-state index contributed by atoms with van der Waals surface area (Å²) in [4.78, 5) is 23.8. The number of alkyl halides is 3. The minimum atomic E-state index is -4.40. The number of hydrogen-bond donors (Lipinski definition) is 1. The monoisotopic (exact) mass is 354 g/mol. The van der Waals surface area contributed by atoms with Crippen LogP contribution in [0.3, 0.4) is 0 Å². The van der Waals surface area contributed by atoms with Crippen molar-refractivity contribution in [3.8, 4) is 0 Å². The van der Waals surface area contributed by atoms with Crippen molar-refractivity contribution >= 4 is 5.82 Å². The van der Waals surface area contributed by atoms with Crippen LogP contribution in [0, 0.1) is 5.92 Å². The fourth-order valence-corrected chi connectivity index (χ4v) is 2.77. The highest BCUT2D eigenvalue weighted by Gasteiger charge is 2.31.